The fourth-order valence-corrected chi connectivity index (χ4v) is 2.40. The molecule has 0 aliphatic carbocycles. The maximum Gasteiger partial charge on any atom is 0.167 e. The fourth-order valence-electron chi connectivity index (χ4n) is 1.73. The van der Waals surface area contributed by atoms with Gasteiger partial charge in [-0.1, -0.05) is 18.2 Å². The van der Waals surface area contributed by atoms with Crippen LogP contribution in [0.2, 0.25) is 0 Å². The van der Waals surface area contributed by atoms with E-state index in [1.165, 1.54) is 5.56 Å². The van der Waals surface area contributed by atoms with E-state index in [0.29, 0.717) is 6.42 Å². The molecule has 0 amide bonds. The average molecular weight is 230 g/mol. The number of Topliss-reactive ketones (excluding diaryl/α,β-unsaturated/α-hetero) is 1. The molecule has 0 aliphatic rings. The Morgan fingerprint density at radius 3 is 2.75 bits per heavy atom. The van der Waals surface area contributed by atoms with Crippen molar-refractivity contribution < 1.29 is 4.79 Å². The predicted molar refractivity (Wildman–Crippen MR) is 68.3 cm³/mol. The van der Waals surface area contributed by atoms with Gasteiger partial charge in [-0.05, 0) is 47.4 Å². The minimum atomic E-state index is 0.208. The first-order chi connectivity index (χ1) is 7.68. The van der Waals surface area contributed by atoms with Crippen molar-refractivity contribution in [1.29, 1.82) is 0 Å². The molecule has 0 saturated heterocycles. The standard InChI is InChI=1S/C14H14OS/c1-10-4-3-5-13(11(10)2)14(15)8-12-6-7-16-9-12/h3-7,9H,8H2,1-2H3. The average Bonchev–Trinajstić information content (AvgIpc) is 2.74. The summed E-state index contributed by atoms with van der Waals surface area (Å²) in [6.45, 7) is 4.05. The molecule has 1 aromatic carbocycles. The molecule has 0 aliphatic heterocycles. The summed E-state index contributed by atoms with van der Waals surface area (Å²) in [4.78, 5) is 12.1. The quantitative estimate of drug-likeness (QED) is 0.733. The van der Waals surface area contributed by atoms with Crippen LogP contribution < -0.4 is 0 Å². The van der Waals surface area contributed by atoms with Crippen molar-refractivity contribution >= 4 is 17.1 Å². The van der Waals surface area contributed by atoms with Crippen molar-refractivity contribution in [2.24, 2.45) is 0 Å². The summed E-state index contributed by atoms with van der Waals surface area (Å²) in [7, 11) is 0. The molecule has 1 aromatic heterocycles. The molecule has 0 N–H and O–H groups in total. The van der Waals surface area contributed by atoms with Gasteiger partial charge in [0.25, 0.3) is 0 Å². The Hall–Kier alpha value is -1.41. The second-order valence-corrected chi connectivity index (χ2v) is 4.76. The van der Waals surface area contributed by atoms with E-state index >= 15 is 0 Å². The normalized spacial score (nSPS) is 10.4. The molecule has 16 heavy (non-hydrogen) atoms. The molecule has 2 heteroatoms. The van der Waals surface area contributed by atoms with Crippen LogP contribution in [-0.2, 0) is 6.42 Å². The van der Waals surface area contributed by atoms with Crippen molar-refractivity contribution in [1.82, 2.24) is 0 Å². The van der Waals surface area contributed by atoms with Crippen LogP contribution in [-0.4, -0.2) is 5.78 Å². The van der Waals surface area contributed by atoms with Crippen LogP contribution in [0.15, 0.2) is 35.0 Å². The molecule has 0 unspecified atom stereocenters. The van der Waals surface area contributed by atoms with Crippen LogP contribution >= 0.6 is 11.3 Å². The molecule has 82 valence electrons. The van der Waals surface area contributed by atoms with Gasteiger partial charge in [0.15, 0.2) is 5.78 Å². The van der Waals surface area contributed by atoms with Gasteiger partial charge in [-0.25, -0.2) is 0 Å². The number of rotatable bonds is 3. The van der Waals surface area contributed by atoms with E-state index in [2.05, 4.69) is 0 Å². The fraction of sp³-hybridized carbons (Fsp3) is 0.214. The minimum Gasteiger partial charge on any atom is -0.294 e. The third-order valence-corrected chi connectivity index (χ3v) is 3.58. The number of hydrogen-bond donors (Lipinski definition) is 0. The number of carbonyl (C=O) groups is 1. The van der Waals surface area contributed by atoms with Crippen molar-refractivity contribution in [2.75, 3.05) is 0 Å². The highest BCUT2D eigenvalue weighted by molar-refractivity contribution is 7.08. The Morgan fingerprint density at radius 1 is 1.25 bits per heavy atom. The summed E-state index contributed by atoms with van der Waals surface area (Å²) in [6.07, 6.45) is 0.508. The van der Waals surface area contributed by atoms with E-state index in [4.69, 9.17) is 0 Å². The highest BCUT2D eigenvalue weighted by atomic mass is 32.1. The third kappa shape index (κ3) is 2.22. The van der Waals surface area contributed by atoms with Crippen LogP contribution in [0.3, 0.4) is 0 Å². The maximum absolute atomic E-state index is 12.1. The minimum absolute atomic E-state index is 0.208. The predicted octanol–water partition coefficient (Wildman–Crippen LogP) is 3.79. The van der Waals surface area contributed by atoms with Crippen molar-refractivity contribution in [3.63, 3.8) is 0 Å². The van der Waals surface area contributed by atoms with E-state index in [1.807, 2.05) is 48.9 Å². The van der Waals surface area contributed by atoms with Gasteiger partial charge < -0.3 is 0 Å². The monoisotopic (exact) mass is 230 g/mol. The Labute approximate surface area is 99.8 Å². The molecule has 2 rings (SSSR count). The van der Waals surface area contributed by atoms with Crippen LogP contribution in [0.5, 0.6) is 0 Å². The molecule has 0 radical (unpaired) electrons. The Balaban J connectivity index is 2.24. The van der Waals surface area contributed by atoms with Crippen molar-refractivity contribution in [3.05, 3.63) is 57.3 Å². The number of carbonyl (C=O) groups excluding carboxylic acids is 1. The van der Waals surface area contributed by atoms with E-state index in [1.54, 1.807) is 11.3 Å². The molecule has 2 aromatic rings. The van der Waals surface area contributed by atoms with Crippen molar-refractivity contribution in [2.45, 2.75) is 20.3 Å². The molecule has 0 bridgehead atoms. The molecule has 1 heterocycles. The van der Waals surface area contributed by atoms with Crippen LogP contribution in [0.4, 0.5) is 0 Å². The first kappa shape index (κ1) is 11.1. The second kappa shape index (κ2) is 4.62. The van der Waals surface area contributed by atoms with Gasteiger partial charge in [0.1, 0.15) is 0 Å². The largest absolute Gasteiger partial charge is 0.294 e. The van der Waals surface area contributed by atoms with Gasteiger partial charge >= 0.3 is 0 Å². The zero-order chi connectivity index (χ0) is 11.5. The van der Waals surface area contributed by atoms with Crippen LogP contribution in [0.25, 0.3) is 0 Å². The highest BCUT2D eigenvalue weighted by Gasteiger charge is 2.10. The van der Waals surface area contributed by atoms with E-state index < -0.39 is 0 Å². The van der Waals surface area contributed by atoms with Crippen LogP contribution in [0.1, 0.15) is 27.0 Å². The topological polar surface area (TPSA) is 17.1 Å². The number of hydrogen-bond acceptors (Lipinski definition) is 2. The molecular weight excluding hydrogens is 216 g/mol. The zero-order valence-corrected chi connectivity index (χ0v) is 10.3. The highest BCUT2D eigenvalue weighted by Crippen LogP contribution is 2.16. The molecule has 0 atom stereocenters. The first-order valence-corrected chi connectivity index (χ1v) is 6.23. The summed E-state index contributed by atoms with van der Waals surface area (Å²) in [6, 6.07) is 7.91. The molecular formula is C14H14OS. The lowest BCUT2D eigenvalue weighted by molar-refractivity contribution is 0.0992. The van der Waals surface area contributed by atoms with Gasteiger partial charge in [0.05, 0.1) is 0 Å². The Morgan fingerprint density at radius 2 is 2.06 bits per heavy atom. The summed E-state index contributed by atoms with van der Waals surface area (Å²) in [5, 5.41) is 4.04. The molecule has 0 saturated carbocycles. The van der Waals surface area contributed by atoms with Crippen LogP contribution in [0, 0.1) is 13.8 Å². The summed E-state index contributed by atoms with van der Waals surface area (Å²) >= 11 is 1.63. The lowest BCUT2D eigenvalue weighted by atomic mass is 9.97. The van der Waals surface area contributed by atoms with E-state index in [9.17, 15) is 4.79 Å². The number of aryl methyl sites for hydroxylation is 1. The summed E-state index contributed by atoms with van der Waals surface area (Å²) < 4.78 is 0. The lowest BCUT2D eigenvalue weighted by Gasteiger charge is -2.06. The van der Waals surface area contributed by atoms with Gasteiger partial charge in [0.2, 0.25) is 0 Å². The van der Waals surface area contributed by atoms with Gasteiger partial charge in [-0.3, -0.25) is 4.79 Å². The smallest absolute Gasteiger partial charge is 0.167 e. The summed E-state index contributed by atoms with van der Waals surface area (Å²) in [5.41, 5.74) is 4.24. The molecule has 0 spiro atoms. The number of benzene rings is 1. The van der Waals surface area contributed by atoms with E-state index in [0.717, 1.165) is 16.7 Å². The SMILES string of the molecule is Cc1cccc(C(=O)Cc2ccsc2)c1C. The number of ketones is 1. The number of thiophene rings is 1. The summed E-state index contributed by atoms with van der Waals surface area (Å²) in [5.74, 6) is 0.208. The third-order valence-electron chi connectivity index (χ3n) is 2.85. The van der Waals surface area contributed by atoms with Gasteiger partial charge in [0, 0.05) is 12.0 Å². The second-order valence-electron chi connectivity index (χ2n) is 3.98. The first-order valence-electron chi connectivity index (χ1n) is 5.29. The Bertz CT molecular complexity index is 497. The lowest BCUT2D eigenvalue weighted by Crippen LogP contribution is -2.05. The van der Waals surface area contributed by atoms with E-state index in [-0.39, 0.29) is 5.78 Å². The van der Waals surface area contributed by atoms with Gasteiger partial charge in [-0.15, -0.1) is 0 Å². The maximum atomic E-state index is 12.1. The zero-order valence-electron chi connectivity index (χ0n) is 9.49. The Kier molecular flexibility index (Phi) is 3.20. The van der Waals surface area contributed by atoms with Gasteiger partial charge in [-0.2, -0.15) is 11.3 Å². The molecule has 1 nitrogen and oxygen atoms in total. The molecule has 0 fully saturated rings. The van der Waals surface area contributed by atoms with Crippen molar-refractivity contribution in [3.8, 4) is 0 Å².